The van der Waals surface area contributed by atoms with Crippen molar-refractivity contribution in [1.82, 2.24) is 4.98 Å². The highest BCUT2D eigenvalue weighted by molar-refractivity contribution is 6.05. The SMILES string of the molecule is CN1CCOc2ccc(C(=O)Nc3ccc4oc(N5CCCCC5)nc4c3)cc21. The number of likely N-dealkylation sites (N-methyl/N-ethyl adjacent to an activating group) is 1. The molecule has 7 nitrogen and oxygen atoms in total. The topological polar surface area (TPSA) is 70.8 Å². The average Bonchev–Trinajstić information content (AvgIpc) is 3.18. The highest BCUT2D eigenvalue weighted by atomic mass is 16.5. The summed E-state index contributed by atoms with van der Waals surface area (Å²) in [7, 11) is 2.00. The third-order valence-electron chi connectivity index (χ3n) is 5.58. The number of amides is 1. The fourth-order valence-electron chi connectivity index (χ4n) is 3.91. The van der Waals surface area contributed by atoms with Crippen molar-refractivity contribution in [3.8, 4) is 5.75 Å². The lowest BCUT2D eigenvalue weighted by Crippen LogP contribution is -2.29. The molecule has 0 unspecified atom stereocenters. The van der Waals surface area contributed by atoms with Crippen LogP contribution in [0.2, 0.25) is 0 Å². The van der Waals surface area contributed by atoms with Gasteiger partial charge in [-0.15, -0.1) is 0 Å². The molecule has 150 valence electrons. The van der Waals surface area contributed by atoms with Crippen LogP contribution in [0.5, 0.6) is 5.75 Å². The van der Waals surface area contributed by atoms with Crippen molar-refractivity contribution in [2.24, 2.45) is 0 Å². The van der Waals surface area contributed by atoms with Gasteiger partial charge in [0.25, 0.3) is 11.9 Å². The number of benzene rings is 2. The first-order chi connectivity index (χ1) is 14.2. The maximum Gasteiger partial charge on any atom is 0.298 e. The largest absolute Gasteiger partial charge is 0.490 e. The Bertz CT molecular complexity index is 1060. The Morgan fingerprint density at radius 3 is 2.79 bits per heavy atom. The van der Waals surface area contributed by atoms with Gasteiger partial charge in [-0.3, -0.25) is 4.79 Å². The van der Waals surface area contributed by atoms with Gasteiger partial charge in [-0.1, -0.05) is 0 Å². The number of aromatic nitrogens is 1. The maximum absolute atomic E-state index is 12.8. The van der Waals surface area contributed by atoms with Gasteiger partial charge >= 0.3 is 0 Å². The minimum Gasteiger partial charge on any atom is -0.490 e. The van der Waals surface area contributed by atoms with E-state index in [2.05, 4.69) is 20.1 Å². The number of oxazole rings is 1. The van der Waals surface area contributed by atoms with E-state index in [9.17, 15) is 4.79 Å². The highest BCUT2D eigenvalue weighted by Crippen LogP contribution is 2.32. The second kappa shape index (κ2) is 7.31. The van der Waals surface area contributed by atoms with E-state index in [0.717, 1.165) is 42.2 Å². The molecule has 0 radical (unpaired) electrons. The van der Waals surface area contributed by atoms with Gasteiger partial charge in [-0.2, -0.15) is 4.98 Å². The Hall–Kier alpha value is -3.22. The Morgan fingerprint density at radius 2 is 1.93 bits per heavy atom. The van der Waals surface area contributed by atoms with E-state index in [-0.39, 0.29) is 5.91 Å². The van der Waals surface area contributed by atoms with Gasteiger partial charge in [-0.25, -0.2) is 0 Å². The third kappa shape index (κ3) is 3.48. The Morgan fingerprint density at radius 1 is 1.07 bits per heavy atom. The lowest BCUT2D eigenvalue weighted by atomic mass is 10.1. The second-order valence-corrected chi connectivity index (χ2v) is 7.63. The van der Waals surface area contributed by atoms with Gasteiger partial charge in [0.15, 0.2) is 5.58 Å². The lowest BCUT2D eigenvalue weighted by Gasteiger charge is -2.27. The van der Waals surface area contributed by atoms with Gasteiger partial charge in [0.05, 0.1) is 12.2 Å². The van der Waals surface area contributed by atoms with Gasteiger partial charge in [0.2, 0.25) is 0 Å². The lowest BCUT2D eigenvalue weighted by molar-refractivity contribution is 0.102. The summed E-state index contributed by atoms with van der Waals surface area (Å²) in [5, 5.41) is 2.97. The quantitative estimate of drug-likeness (QED) is 0.729. The van der Waals surface area contributed by atoms with Crippen LogP contribution >= 0.6 is 0 Å². The van der Waals surface area contributed by atoms with Crippen molar-refractivity contribution in [2.45, 2.75) is 19.3 Å². The van der Waals surface area contributed by atoms with Crippen LogP contribution in [-0.4, -0.2) is 44.2 Å². The van der Waals surface area contributed by atoms with Crippen molar-refractivity contribution in [1.29, 1.82) is 0 Å². The molecule has 1 amide bonds. The van der Waals surface area contributed by atoms with E-state index >= 15 is 0 Å². The molecular weight excluding hydrogens is 368 g/mol. The summed E-state index contributed by atoms with van der Waals surface area (Å²) < 4.78 is 11.6. The Balaban J connectivity index is 1.36. The number of hydrogen-bond acceptors (Lipinski definition) is 6. The molecule has 2 aliphatic rings. The summed E-state index contributed by atoms with van der Waals surface area (Å²) in [6.07, 6.45) is 3.60. The summed E-state index contributed by atoms with van der Waals surface area (Å²) in [5.41, 5.74) is 3.71. The number of rotatable bonds is 3. The van der Waals surface area contributed by atoms with Crippen LogP contribution in [0, 0.1) is 0 Å². The van der Waals surface area contributed by atoms with Crippen LogP contribution in [0.15, 0.2) is 40.8 Å². The first-order valence-electron chi connectivity index (χ1n) is 10.1. The molecule has 1 saturated heterocycles. The number of ether oxygens (including phenoxy) is 1. The number of carbonyl (C=O) groups is 1. The van der Waals surface area contributed by atoms with E-state index < -0.39 is 0 Å². The normalized spacial score (nSPS) is 16.4. The van der Waals surface area contributed by atoms with E-state index in [1.54, 1.807) is 6.07 Å². The van der Waals surface area contributed by atoms with E-state index in [0.29, 0.717) is 23.9 Å². The summed E-state index contributed by atoms with van der Waals surface area (Å²) in [6.45, 7) is 3.42. The third-order valence-corrected chi connectivity index (χ3v) is 5.58. The number of piperidine rings is 1. The zero-order chi connectivity index (χ0) is 19.8. The van der Waals surface area contributed by atoms with Crippen molar-refractivity contribution in [3.05, 3.63) is 42.0 Å². The summed E-state index contributed by atoms with van der Waals surface area (Å²) >= 11 is 0. The van der Waals surface area contributed by atoms with Crippen LogP contribution in [0.25, 0.3) is 11.1 Å². The monoisotopic (exact) mass is 392 g/mol. The average molecular weight is 392 g/mol. The van der Waals surface area contributed by atoms with Gasteiger partial charge < -0.3 is 24.3 Å². The van der Waals surface area contributed by atoms with Crippen molar-refractivity contribution in [2.75, 3.05) is 48.4 Å². The summed E-state index contributed by atoms with van der Waals surface area (Å²) in [5.74, 6) is 0.649. The highest BCUT2D eigenvalue weighted by Gasteiger charge is 2.19. The standard InChI is InChI=1S/C22H24N4O3/c1-25-11-12-28-20-7-5-15(13-18(20)25)21(27)23-16-6-8-19-17(14-16)24-22(29-19)26-9-3-2-4-10-26/h5-8,13-14H,2-4,9-12H2,1H3,(H,23,27). The molecule has 2 aliphatic heterocycles. The molecule has 0 spiro atoms. The molecule has 3 heterocycles. The van der Waals surface area contributed by atoms with Crippen LogP contribution in [0.4, 0.5) is 17.4 Å². The number of fused-ring (bicyclic) bond motifs is 2. The molecule has 29 heavy (non-hydrogen) atoms. The van der Waals surface area contributed by atoms with Gasteiger partial charge in [0, 0.05) is 31.4 Å². The van der Waals surface area contributed by atoms with E-state index in [1.165, 1.54) is 19.3 Å². The smallest absolute Gasteiger partial charge is 0.298 e. The van der Waals surface area contributed by atoms with Crippen molar-refractivity contribution < 1.29 is 13.9 Å². The molecule has 0 aliphatic carbocycles. The number of anilines is 3. The summed E-state index contributed by atoms with van der Waals surface area (Å²) in [4.78, 5) is 21.7. The predicted octanol–water partition coefficient (Wildman–Crippen LogP) is 3.90. The maximum atomic E-state index is 12.8. The molecule has 5 rings (SSSR count). The molecule has 0 bridgehead atoms. The number of nitrogens with zero attached hydrogens (tertiary/aromatic N) is 3. The molecule has 1 N–H and O–H groups in total. The molecule has 3 aromatic rings. The molecule has 0 atom stereocenters. The Kier molecular flexibility index (Phi) is 4.50. The van der Waals surface area contributed by atoms with Crippen molar-refractivity contribution >= 4 is 34.4 Å². The Labute approximate surface area is 169 Å². The minimum absolute atomic E-state index is 0.161. The minimum atomic E-state index is -0.161. The van der Waals surface area contributed by atoms with Crippen LogP contribution in [0.3, 0.4) is 0 Å². The predicted molar refractivity (Wildman–Crippen MR) is 113 cm³/mol. The molecule has 0 saturated carbocycles. The fourth-order valence-corrected chi connectivity index (χ4v) is 3.91. The van der Waals surface area contributed by atoms with Crippen molar-refractivity contribution in [3.63, 3.8) is 0 Å². The number of nitrogens with one attached hydrogen (secondary N) is 1. The molecular formula is C22H24N4O3. The van der Waals surface area contributed by atoms with Gasteiger partial charge in [0.1, 0.15) is 17.9 Å². The van der Waals surface area contributed by atoms with Crippen LogP contribution in [0.1, 0.15) is 29.6 Å². The molecule has 1 fully saturated rings. The number of hydrogen-bond donors (Lipinski definition) is 1. The van der Waals surface area contributed by atoms with Crippen LogP contribution in [-0.2, 0) is 0 Å². The molecule has 2 aromatic carbocycles. The zero-order valence-electron chi connectivity index (χ0n) is 16.5. The zero-order valence-corrected chi connectivity index (χ0v) is 16.5. The van der Waals surface area contributed by atoms with Gasteiger partial charge in [-0.05, 0) is 55.7 Å². The number of carbonyl (C=O) groups excluding carboxylic acids is 1. The second-order valence-electron chi connectivity index (χ2n) is 7.63. The van der Waals surface area contributed by atoms with E-state index in [1.807, 2.05) is 37.4 Å². The molecule has 1 aromatic heterocycles. The first kappa shape index (κ1) is 17.8. The van der Waals surface area contributed by atoms with E-state index in [4.69, 9.17) is 9.15 Å². The first-order valence-corrected chi connectivity index (χ1v) is 10.1. The summed E-state index contributed by atoms with van der Waals surface area (Å²) in [6, 6.07) is 11.7. The van der Waals surface area contributed by atoms with Crippen LogP contribution < -0.4 is 19.9 Å². The molecule has 7 heteroatoms. The fraction of sp³-hybridized carbons (Fsp3) is 0.364.